The summed E-state index contributed by atoms with van der Waals surface area (Å²) in [6.45, 7) is 0.101. The van der Waals surface area contributed by atoms with E-state index in [2.05, 4.69) is 16.0 Å². The first-order valence-corrected chi connectivity index (χ1v) is 5.03. The summed E-state index contributed by atoms with van der Waals surface area (Å²) in [7, 11) is 1.54. The molecule has 1 aromatic rings. The Morgan fingerprint density at radius 3 is 2.56 bits per heavy atom. The number of likely N-dealkylation sites (N-methyl/N-ethyl adjacent to an activating group) is 1. The second kappa shape index (κ2) is 6.02. The molecule has 1 rings (SSSR count). The Morgan fingerprint density at radius 1 is 1.38 bits per heavy atom. The first-order valence-electron chi connectivity index (χ1n) is 4.63. The van der Waals surface area contributed by atoms with E-state index in [4.69, 9.17) is 12.2 Å². The van der Waals surface area contributed by atoms with Crippen LogP contribution in [0, 0.1) is 5.82 Å². The zero-order valence-corrected chi connectivity index (χ0v) is 9.53. The lowest BCUT2D eigenvalue weighted by molar-refractivity contribution is -0.119. The molecule has 0 saturated carbocycles. The third kappa shape index (κ3) is 4.22. The van der Waals surface area contributed by atoms with Crippen molar-refractivity contribution >= 4 is 28.9 Å². The van der Waals surface area contributed by atoms with Crippen molar-refractivity contribution in [3.05, 3.63) is 30.1 Å². The Morgan fingerprint density at radius 2 is 2.00 bits per heavy atom. The zero-order chi connectivity index (χ0) is 12.0. The van der Waals surface area contributed by atoms with Crippen molar-refractivity contribution in [2.75, 3.05) is 18.9 Å². The molecule has 0 spiro atoms. The first-order chi connectivity index (χ1) is 7.61. The van der Waals surface area contributed by atoms with Crippen LogP contribution < -0.4 is 16.0 Å². The average Bonchev–Trinajstić information content (AvgIpc) is 2.29. The third-order valence-electron chi connectivity index (χ3n) is 1.79. The second-order valence-corrected chi connectivity index (χ2v) is 3.40. The predicted octanol–water partition coefficient (Wildman–Crippen LogP) is 0.858. The molecule has 1 aromatic carbocycles. The van der Waals surface area contributed by atoms with Gasteiger partial charge in [0.1, 0.15) is 5.82 Å². The normalized spacial score (nSPS) is 9.38. The van der Waals surface area contributed by atoms with Gasteiger partial charge >= 0.3 is 0 Å². The van der Waals surface area contributed by atoms with Crippen LogP contribution in [0.4, 0.5) is 10.1 Å². The van der Waals surface area contributed by atoms with Gasteiger partial charge in [0.15, 0.2) is 5.11 Å². The highest BCUT2D eigenvalue weighted by Gasteiger charge is 2.00. The minimum Gasteiger partial charge on any atom is -0.358 e. The van der Waals surface area contributed by atoms with Gasteiger partial charge in [0, 0.05) is 12.7 Å². The number of amides is 1. The SMILES string of the molecule is CNC(=O)CNC(=S)Nc1ccc(F)cc1. The quantitative estimate of drug-likeness (QED) is 0.687. The summed E-state index contributed by atoms with van der Waals surface area (Å²) in [5.74, 6) is -0.474. The maximum absolute atomic E-state index is 12.6. The van der Waals surface area contributed by atoms with Crippen LogP contribution in [0.2, 0.25) is 0 Å². The molecule has 0 radical (unpaired) electrons. The maximum Gasteiger partial charge on any atom is 0.239 e. The maximum atomic E-state index is 12.6. The number of rotatable bonds is 3. The Hall–Kier alpha value is -1.69. The Labute approximate surface area is 98.2 Å². The van der Waals surface area contributed by atoms with Crippen LogP contribution >= 0.6 is 12.2 Å². The van der Waals surface area contributed by atoms with Crippen molar-refractivity contribution < 1.29 is 9.18 Å². The van der Waals surface area contributed by atoms with Gasteiger partial charge in [-0.3, -0.25) is 4.79 Å². The second-order valence-electron chi connectivity index (χ2n) is 2.99. The van der Waals surface area contributed by atoms with Crippen LogP contribution in [-0.2, 0) is 4.79 Å². The number of halogens is 1. The lowest BCUT2D eigenvalue weighted by Crippen LogP contribution is -2.37. The number of benzene rings is 1. The molecule has 0 heterocycles. The monoisotopic (exact) mass is 241 g/mol. The molecule has 3 N–H and O–H groups in total. The van der Waals surface area contributed by atoms with Crippen molar-refractivity contribution in [2.45, 2.75) is 0 Å². The van der Waals surface area contributed by atoms with E-state index in [-0.39, 0.29) is 18.3 Å². The van der Waals surface area contributed by atoms with Gasteiger partial charge in [0.25, 0.3) is 0 Å². The Balaban J connectivity index is 2.40. The number of thiocarbonyl (C=S) groups is 1. The van der Waals surface area contributed by atoms with Crippen LogP contribution in [-0.4, -0.2) is 24.6 Å². The molecule has 0 aliphatic heterocycles. The molecule has 16 heavy (non-hydrogen) atoms. The fourth-order valence-electron chi connectivity index (χ4n) is 0.957. The number of anilines is 1. The molecule has 0 fully saturated rings. The van der Waals surface area contributed by atoms with Gasteiger partial charge in [-0.25, -0.2) is 4.39 Å². The van der Waals surface area contributed by atoms with E-state index >= 15 is 0 Å². The number of hydrogen-bond donors (Lipinski definition) is 3. The topological polar surface area (TPSA) is 53.2 Å². The molecule has 0 saturated heterocycles. The van der Waals surface area contributed by atoms with E-state index in [1.807, 2.05) is 0 Å². The summed E-state index contributed by atoms with van der Waals surface area (Å²) in [5.41, 5.74) is 0.663. The van der Waals surface area contributed by atoms with Gasteiger partial charge in [-0.15, -0.1) is 0 Å². The highest BCUT2D eigenvalue weighted by Crippen LogP contribution is 2.07. The van der Waals surface area contributed by atoms with Gasteiger partial charge in [0.2, 0.25) is 5.91 Å². The molecular weight excluding hydrogens is 229 g/mol. The van der Waals surface area contributed by atoms with Crippen LogP contribution in [0.15, 0.2) is 24.3 Å². The largest absolute Gasteiger partial charge is 0.358 e. The van der Waals surface area contributed by atoms with Crippen LogP contribution in [0.1, 0.15) is 0 Å². The van der Waals surface area contributed by atoms with E-state index in [0.717, 1.165) is 0 Å². The molecule has 0 aliphatic carbocycles. The van der Waals surface area contributed by atoms with Crippen molar-refractivity contribution in [3.63, 3.8) is 0 Å². The van der Waals surface area contributed by atoms with Crippen molar-refractivity contribution in [3.8, 4) is 0 Å². The van der Waals surface area contributed by atoms with E-state index < -0.39 is 0 Å². The smallest absolute Gasteiger partial charge is 0.239 e. The van der Waals surface area contributed by atoms with Gasteiger partial charge < -0.3 is 16.0 Å². The Kier molecular flexibility index (Phi) is 4.65. The molecule has 6 heteroatoms. The Bertz CT molecular complexity index is 380. The number of carbonyl (C=O) groups excluding carboxylic acids is 1. The van der Waals surface area contributed by atoms with Gasteiger partial charge in [-0.2, -0.15) is 0 Å². The number of carbonyl (C=O) groups is 1. The standard InChI is InChI=1S/C10H12FN3OS/c1-12-9(15)6-13-10(16)14-8-4-2-7(11)3-5-8/h2-5H,6H2,1H3,(H,12,15)(H2,13,14,16). The summed E-state index contributed by atoms with van der Waals surface area (Å²) >= 11 is 4.94. The highest BCUT2D eigenvalue weighted by molar-refractivity contribution is 7.80. The zero-order valence-electron chi connectivity index (χ0n) is 8.71. The summed E-state index contributed by atoms with van der Waals surface area (Å²) < 4.78 is 12.6. The predicted molar refractivity (Wildman–Crippen MR) is 64.7 cm³/mol. The van der Waals surface area contributed by atoms with Crippen molar-refractivity contribution in [1.82, 2.24) is 10.6 Å². The molecule has 0 unspecified atom stereocenters. The van der Waals surface area contributed by atoms with Crippen LogP contribution in [0.3, 0.4) is 0 Å². The number of hydrogen-bond acceptors (Lipinski definition) is 2. The van der Waals surface area contributed by atoms with E-state index in [1.165, 1.54) is 12.1 Å². The lowest BCUT2D eigenvalue weighted by Gasteiger charge is -2.09. The fraction of sp³-hybridized carbons (Fsp3) is 0.200. The molecule has 0 atom stereocenters. The highest BCUT2D eigenvalue weighted by atomic mass is 32.1. The van der Waals surface area contributed by atoms with Crippen LogP contribution in [0.25, 0.3) is 0 Å². The molecular formula is C10H12FN3OS. The lowest BCUT2D eigenvalue weighted by atomic mass is 10.3. The van der Waals surface area contributed by atoms with Crippen LogP contribution in [0.5, 0.6) is 0 Å². The molecule has 4 nitrogen and oxygen atoms in total. The van der Waals surface area contributed by atoms with Gasteiger partial charge in [-0.05, 0) is 36.5 Å². The minimum atomic E-state index is -0.310. The minimum absolute atomic E-state index is 0.101. The van der Waals surface area contributed by atoms with Gasteiger partial charge in [0.05, 0.1) is 6.54 Å². The average molecular weight is 241 g/mol. The summed E-state index contributed by atoms with van der Waals surface area (Å²) in [6.07, 6.45) is 0. The first kappa shape index (κ1) is 12.4. The molecule has 0 aromatic heterocycles. The van der Waals surface area contributed by atoms with E-state index in [1.54, 1.807) is 19.2 Å². The molecule has 1 amide bonds. The number of nitrogens with one attached hydrogen (secondary N) is 3. The molecule has 0 aliphatic rings. The summed E-state index contributed by atoms with van der Waals surface area (Å²) in [5, 5.41) is 8.30. The van der Waals surface area contributed by atoms with E-state index in [9.17, 15) is 9.18 Å². The molecule has 86 valence electrons. The summed E-state index contributed by atoms with van der Waals surface area (Å²) in [4.78, 5) is 10.9. The third-order valence-corrected chi connectivity index (χ3v) is 2.04. The van der Waals surface area contributed by atoms with Gasteiger partial charge in [-0.1, -0.05) is 0 Å². The summed E-state index contributed by atoms with van der Waals surface area (Å²) in [6, 6.07) is 5.76. The molecule has 0 bridgehead atoms. The van der Waals surface area contributed by atoms with Crippen molar-refractivity contribution in [1.29, 1.82) is 0 Å². The van der Waals surface area contributed by atoms with E-state index in [0.29, 0.717) is 10.8 Å². The van der Waals surface area contributed by atoms with Crippen molar-refractivity contribution in [2.24, 2.45) is 0 Å². The fourth-order valence-corrected chi connectivity index (χ4v) is 1.15.